The molecule has 1 aliphatic rings. The second-order valence-electron chi connectivity index (χ2n) is 4.35. The number of hydrazone groups is 1. The predicted octanol–water partition coefficient (Wildman–Crippen LogP) is 1.94. The predicted molar refractivity (Wildman–Crippen MR) is 72.1 cm³/mol. The minimum Gasteiger partial charge on any atom is -0.347 e. The van der Waals surface area contributed by atoms with Crippen molar-refractivity contribution >= 4 is 23.7 Å². The van der Waals surface area contributed by atoms with Gasteiger partial charge in [-0.05, 0) is 24.6 Å². The van der Waals surface area contributed by atoms with Gasteiger partial charge in [-0.25, -0.2) is 5.43 Å². The van der Waals surface area contributed by atoms with Gasteiger partial charge in [0.2, 0.25) is 5.91 Å². The molecule has 5 nitrogen and oxygen atoms in total. The highest BCUT2D eigenvalue weighted by Crippen LogP contribution is 2.22. The lowest BCUT2D eigenvalue weighted by Crippen LogP contribution is -2.33. The summed E-state index contributed by atoms with van der Waals surface area (Å²) in [5.41, 5.74) is 3.29. The number of amides is 1. The standard InChI is InChI=1S/C13H15ClN2O3/c1-13(18-6-7-19-13)8-12(17)16-15-9-10-2-4-11(14)5-3-10/h2-5,9H,6-8H2,1H3,(H,16,17). The average molecular weight is 283 g/mol. The van der Waals surface area contributed by atoms with Crippen molar-refractivity contribution in [3.05, 3.63) is 34.9 Å². The van der Waals surface area contributed by atoms with Crippen molar-refractivity contribution in [3.8, 4) is 0 Å². The van der Waals surface area contributed by atoms with Gasteiger partial charge in [0.15, 0.2) is 5.79 Å². The van der Waals surface area contributed by atoms with E-state index in [4.69, 9.17) is 21.1 Å². The number of carbonyl (C=O) groups is 1. The van der Waals surface area contributed by atoms with Crippen molar-refractivity contribution < 1.29 is 14.3 Å². The summed E-state index contributed by atoms with van der Waals surface area (Å²) in [7, 11) is 0. The number of nitrogens with one attached hydrogen (secondary N) is 1. The summed E-state index contributed by atoms with van der Waals surface area (Å²) in [5.74, 6) is -1.09. The minimum absolute atomic E-state index is 0.116. The van der Waals surface area contributed by atoms with Gasteiger partial charge in [0, 0.05) is 5.02 Å². The average Bonchev–Trinajstić information content (AvgIpc) is 2.78. The summed E-state index contributed by atoms with van der Waals surface area (Å²) in [4.78, 5) is 11.6. The summed E-state index contributed by atoms with van der Waals surface area (Å²) >= 11 is 5.76. The SMILES string of the molecule is CC1(CC(=O)NN=Cc2ccc(Cl)cc2)OCCO1. The van der Waals surface area contributed by atoms with Crippen LogP contribution in [0.15, 0.2) is 29.4 Å². The van der Waals surface area contributed by atoms with Crippen molar-refractivity contribution in [1.82, 2.24) is 5.43 Å². The number of halogens is 1. The zero-order valence-electron chi connectivity index (χ0n) is 10.6. The second-order valence-corrected chi connectivity index (χ2v) is 4.79. The van der Waals surface area contributed by atoms with E-state index in [9.17, 15) is 4.79 Å². The van der Waals surface area contributed by atoms with E-state index in [1.165, 1.54) is 0 Å². The van der Waals surface area contributed by atoms with Crippen LogP contribution in [0, 0.1) is 0 Å². The Labute approximate surface area is 116 Å². The van der Waals surface area contributed by atoms with Crippen LogP contribution in [0.5, 0.6) is 0 Å². The van der Waals surface area contributed by atoms with E-state index in [2.05, 4.69) is 10.5 Å². The molecule has 0 saturated carbocycles. The Morgan fingerprint density at radius 3 is 2.68 bits per heavy atom. The quantitative estimate of drug-likeness (QED) is 0.678. The highest BCUT2D eigenvalue weighted by molar-refractivity contribution is 6.30. The van der Waals surface area contributed by atoms with Crippen LogP contribution in [0.1, 0.15) is 18.9 Å². The zero-order valence-corrected chi connectivity index (χ0v) is 11.3. The fraction of sp³-hybridized carbons (Fsp3) is 0.385. The summed E-state index contributed by atoms with van der Waals surface area (Å²) in [6, 6.07) is 7.13. The van der Waals surface area contributed by atoms with Gasteiger partial charge in [-0.15, -0.1) is 0 Å². The third-order valence-corrected chi connectivity index (χ3v) is 2.90. The van der Waals surface area contributed by atoms with Crippen LogP contribution < -0.4 is 5.43 Å². The molecule has 19 heavy (non-hydrogen) atoms. The van der Waals surface area contributed by atoms with E-state index in [-0.39, 0.29) is 12.3 Å². The summed E-state index contributed by atoms with van der Waals surface area (Å²) in [6.07, 6.45) is 1.66. The van der Waals surface area contributed by atoms with Crippen LogP contribution in [-0.4, -0.2) is 31.1 Å². The van der Waals surface area contributed by atoms with E-state index in [0.29, 0.717) is 18.2 Å². The van der Waals surface area contributed by atoms with Gasteiger partial charge in [0.25, 0.3) is 0 Å². The first-order valence-electron chi connectivity index (χ1n) is 5.93. The molecule has 102 valence electrons. The molecule has 1 aromatic carbocycles. The number of rotatable bonds is 4. The maximum Gasteiger partial charge on any atom is 0.245 e. The zero-order chi connectivity index (χ0) is 13.7. The molecule has 0 spiro atoms. The Kier molecular flexibility index (Phi) is 4.52. The Morgan fingerprint density at radius 1 is 1.42 bits per heavy atom. The lowest BCUT2D eigenvalue weighted by Gasteiger charge is -2.20. The van der Waals surface area contributed by atoms with Crippen LogP contribution in [0.25, 0.3) is 0 Å². The van der Waals surface area contributed by atoms with E-state index in [0.717, 1.165) is 5.56 Å². The Balaban J connectivity index is 1.81. The Hall–Kier alpha value is -1.43. The van der Waals surface area contributed by atoms with E-state index < -0.39 is 5.79 Å². The topological polar surface area (TPSA) is 59.9 Å². The van der Waals surface area contributed by atoms with Crippen molar-refractivity contribution in [3.63, 3.8) is 0 Å². The second kappa shape index (κ2) is 6.14. The van der Waals surface area contributed by atoms with Crippen LogP contribution in [0.2, 0.25) is 5.02 Å². The fourth-order valence-electron chi connectivity index (χ4n) is 1.72. The minimum atomic E-state index is -0.833. The van der Waals surface area contributed by atoms with Gasteiger partial charge in [-0.2, -0.15) is 5.10 Å². The maximum absolute atomic E-state index is 11.6. The van der Waals surface area contributed by atoms with E-state index in [1.54, 1.807) is 25.3 Å². The van der Waals surface area contributed by atoms with E-state index >= 15 is 0 Å². The van der Waals surface area contributed by atoms with Crippen LogP contribution in [0.4, 0.5) is 0 Å². The molecule has 0 aromatic heterocycles. The molecule has 1 aliphatic heterocycles. The largest absolute Gasteiger partial charge is 0.347 e. The van der Waals surface area contributed by atoms with Crippen LogP contribution in [0.3, 0.4) is 0 Å². The lowest BCUT2D eigenvalue weighted by molar-refractivity contribution is -0.159. The fourth-order valence-corrected chi connectivity index (χ4v) is 1.84. The molecule has 1 saturated heterocycles. The summed E-state index contributed by atoms with van der Waals surface area (Å²) in [5, 5.41) is 4.52. The van der Waals surface area contributed by atoms with Gasteiger partial charge in [-0.3, -0.25) is 4.79 Å². The smallest absolute Gasteiger partial charge is 0.245 e. The molecule has 6 heteroatoms. The third kappa shape index (κ3) is 4.31. The van der Waals surface area contributed by atoms with Gasteiger partial charge in [0.1, 0.15) is 0 Å². The molecule has 0 radical (unpaired) electrons. The van der Waals surface area contributed by atoms with E-state index in [1.807, 2.05) is 12.1 Å². The first-order valence-corrected chi connectivity index (χ1v) is 6.31. The first kappa shape index (κ1) is 14.0. The number of hydrogen-bond acceptors (Lipinski definition) is 4. The lowest BCUT2D eigenvalue weighted by atomic mass is 10.2. The number of carbonyl (C=O) groups excluding carboxylic acids is 1. The summed E-state index contributed by atoms with van der Waals surface area (Å²) < 4.78 is 10.7. The van der Waals surface area contributed by atoms with Crippen molar-refractivity contribution in [2.45, 2.75) is 19.1 Å². The Bertz CT molecular complexity index is 467. The molecule has 0 bridgehead atoms. The van der Waals surface area contributed by atoms with Gasteiger partial charge in [-0.1, -0.05) is 23.7 Å². The maximum atomic E-state index is 11.6. The number of nitrogens with zero attached hydrogens (tertiary/aromatic N) is 1. The molecular weight excluding hydrogens is 268 g/mol. The van der Waals surface area contributed by atoms with Gasteiger partial charge < -0.3 is 9.47 Å². The first-order chi connectivity index (χ1) is 9.07. The molecule has 2 rings (SSSR count). The molecule has 1 amide bonds. The highest BCUT2D eigenvalue weighted by atomic mass is 35.5. The van der Waals surface area contributed by atoms with Gasteiger partial charge in [0.05, 0.1) is 25.8 Å². The Morgan fingerprint density at radius 2 is 2.05 bits per heavy atom. The molecule has 1 fully saturated rings. The number of hydrogen-bond donors (Lipinski definition) is 1. The van der Waals surface area contributed by atoms with Crippen molar-refractivity contribution in [2.24, 2.45) is 5.10 Å². The van der Waals surface area contributed by atoms with Crippen molar-refractivity contribution in [1.29, 1.82) is 0 Å². The monoisotopic (exact) mass is 282 g/mol. The molecule has 0 unspecified atom stereocenters. The normalized spacial score (nSPS) is 17.8. The molecule has 0 atom stereocenters. The molecule has 1 aromatic rings. The van der Waals surface area contributed by atoms with Crippen molar-refractivity contribution in [2.75, 3.05) is 13.2 Å². The highest BCUT2D eigenvalue weighted by Gasteiger charge is 2.33. The molecule has 1 N–H and O–H groups in total. The van der Waals surface area contributed by atoms with Crippen LogP contribution >= 0.6 is 11.6 Å². The van der Waals surface area contributed by atoms with Crippen LogP contribution in [-0.2, 0) is 14.3 Å². The molecule has 0 aliphatic carbocycles. The summed E-state index contributed by atoms with van der Waals surface area (Å²) in [6.45, 7) is 2.76. The third-order valence-electron chi connectivity index (χ3n) is 2.65. The number of ether oxygens (including phenoxy) is 2. The molecular formula is C13H15ClN2O3. The number of benzene rings is 1. The molecule has 1 heterocycles. The van der Waals surface area contributed by atoms with Gasteiger partial charge >= 0.3 is 0 Å².